The zero-order valence-corrected chi connectivity index (χ0v) is 11.9. The molecule has 3 heteroatoms. The molecule has 2 rings (SSSR count). The fourth-order valence-corrected chi connectivity index (χ4v) is 1.87. The van der Waals surface area contributed by atoms with Crippen LogP contribution in [-0.4, -0.2) is 11.7 Å². The van der Waals surface area contributed by atoms with E-state index < -0.39 is 0 Å². The van der Waals surface area contributed by atoms with Crippen molar-refractivity contribution in [3.63, 3.8) is 0 Å². The van der Waals surface area contributed by atoms with Crippen LogP contribution in [0.4, 0.5) is 4.39 Å². The summed E-state index contributed by atoms with van der Waals surface area (Å²) >= 11 is 0. The molecule has 2 aromatic rings. The van der Waals surface area contributed by atoms with Crippen LogP contribution in [0.25, 0.3) is 0 Å². The summed E-state index contributed by atoms with van der Waals surface area (Å²) in [6.07, 6.45) is 0.470. The summed E-state index contributed by atoms with van der Waals surface area (Å²) in [6.45, 7) is 2.35. The second-order valence-electron chi connectivity index (χ2n) is 4.67. The van der Waals surface area contributed by atoms with Crippen LogP contribution in [0, 0.1) is 24.6 Å². The zero-order chi connectivity index (χ0) is 15.1. The van der Waals surface area contributed by atoms with Crippen molar-refractivity contribution in [2.24, 2.45) is 0 Å². The standard InChI is InChI=1S/C18H17FO2/c1-14-11-18(9-8-16(14)6-2-3-10-20)21-13-15-5-4-7-17(19)12-15/h4-5,7-9,11-12,20H,3,10,13H2,1H3. The van der Waals surface area contributed by atoms with Gasteiger partial charge in [-0.3, -0.25) is 0 Å². The lowest BCUT2D eigenvalue weighted by molar-refractivity contribution is 0.305. The number of hydrogen-bond donors (Lipinski definition) is 1. The summed E-state index contributed by atoms with van der Waals surface area (Å²) in [5.41, 5.74) is 2.72. The number of rotatable bonds is 4. The van der Waals surface area contributed by atoms with E-state index in [1.165, 1.54) is 12.1 Å². The van der Waals surface area contributed by atoms with Gasteiger partial charge in [-0.05, 0) is 48.4 Å². The van der Waals surface area contributed by atoms with Crippen molar-refractivity contribution in [2.75, 3.05) is 6.61 Å². The van der Waals surface area contributed by atoms with Crippen LogP contribution in [0.2, 0.25) is 0 Å². The maximum absolute atomic E-state index is 13.1. The summed E-state index contributed by atoms with van der Waals surface area (Å²) in [5.74, 6) is 6.36. The van der Waals surface area contributed by atoms with Crippen molar-refractivity contribution in [2.45, 2.75) is 20.0 Å². The monoisotopic (exact) mass is 284 g/mol. The Morgan fingerprint density at radius 2 is 2.05 bits per heavy atom. The quantitative estimate of drug-likeness (QED) is 0.871. The van der Waals surface area contributed by atoms with Gasteiger partial charge in [-0.1, -0.05) is 24.0 Å². The lowest BCUT2D eigenvalue weighted by Crippen LogP contribution is -1.96. The number of benzene rings is 2. The molecule has 1 N–H and O–H groups in total. The molecule has 108 valence electrons. The van der Waals surface area contributed by atoms with E-state index in [9.17, 15) is 4.39 Å². The second kappa shape index (κ2) is 7.47. The third-order valence-corrected chi connectivity index (χ3v) is 2.95. The predicted molar refractivity (Wildman–Crippen MR) is 80.5 cm³/mol. The van der Waals surface area contributed by atoms with Gasteiger partial charge in [-0.25, -0.2) is 4.39 Å². The van der Waals surface area contributed by atoms with E-state index >= 15 is 0 Å². The fourth-order valence-electron chi connectivity index (χ4n) is 1.87. The van der Waals surface area contributed by atoms with E-state index in [2.05, 4.69) is 11.8 Å². The average Bonchev–Trinajstić information content (AvgIpc) is 2.47. The predicted octanol–water partition coefficient (Wildman–Crippen LogP) is 3.45. The van der Waals surface area contributed by atoms with Crippen LogP contribution in [0.5, 0.6) is 5.75 Å². The molecule has 0 amide bonds. The van der Waals surface area contributed by atoms with E-state index in [-0.39, 0.29) is 12.4 Å². The van der Waals surface area contributed by atoms with Gasteiger partial charge in [-0.15, -0.1) is 0 Å². The first-order valence-corrected chi connectivity index (χ1v) is 6.76. The SMILES string of the molecule is Cc1cc(OCc2cccc(F)c2)ccc1C#CCCO. The van der Waals surface area contributed by atoms with Crippen molar-refractivity contribution in [3.8, 4) is 17.6 Å². The Hall–Kier alpha value is -2.31. The van der Waals surface area contributed by atoms with Gasteiger partial charge in [0.05, 0.1) is 6.61 Å². The van der Waals surface area contributed by atoms with E-state index in [0.717, 1.165) is 22.4 Å². The number of aryl methyl sites for hydroxylation is 1. The Labute approximate surface area is 124 Å². The fraction of sp³-hybridized carbons (Fsp3) is 0.222. The molecule has 0 aliphatic rings. The number of hydrogen-bond acceptors (Lipinski definition) is 2. The van der Waals surface area contributed by atoms with Gasteiger partial charge in [0, 0.05) is 12.0 Å². The molecule has 0 bridgehead atoms. The highest BCUT2D eigenvalue weighted by Crippen LogP contribution is 2.18. The summed E-state index contributed by atoms with van der Waals surface area (Å²) in [7, 11) is 0. The molecule has 0 aliphatic heterocycles. The highest BCUT2D eigenvalue weighted by molar-refractivity contribution is 5.44. The molecule has 0 radical (unpaired) electrons. The minimum absolute atomic E-state index is 0.0703. The molecular weight excluding hydrogens is 267 g/mol. The third kappa shape index (κ3) is 4.62. The molecule has 0 saturated heterocycles. The molecule has 0 heterocycles. The van der Waals surface area contributed by atoms with E-state index in [4.69, 9.17) is 9.84 Å². The van der Waals surface area contributed by atoms with E-state index in [0.29, 0.717) is 13.0 Å². The van der Waals surface area contributed by atoms with Crippen LogP contribution in [0.15, 0.2) is 42.5 Å². The maximum atomic E-state index is 13.1. The topological polar surface area (TPSA) is 29.5 Å². The number of ether oxygens (including phenoxy) is 1. The minimum atomic E-state index is -0.262. The van der Waals surface area contributed by atoms with Crippen LogP contribution in [-0.2, 0) is 6.61 Å². The molecule has 0 aromatic heterocycles. The molecule has 0 fully saturated rings. The molecule has 0 aliphatic carbocycles. The third-order valence-electron chi connectivity index (χ3n) is 2.95. The van der Waals surface area contributed by atoms with Gasteiger partial charge in [-0.2, -0.15) is 0 Å². The van der Waals surface area contributed by atoms with Crippen LogP contribution < -0.4 is 4.74 Å². The summed E-state index contributed by atoms with van der Waals surface area (Å²) in [4.78, 5) is 0. The first-order valence-electron chi connectivity index (χ1n) is 6.76. The minimum Gasteiger partial charge on any atom is -0.489 e. The van der Waals surface area contributed by atoms with Crippen LogP contribution in [0.3, 0.4) is 0 Å². The van der Waals surface area contributed by atoms with Crippen molar-refractivity contribution in [1.82, 2.24) is 0 Å². The van der Waals surface area contributed by atoms with Crippen molar-refractivity contribution < 1.29 is 14.2 Å². The number of aliphatic hydroxyl groups is 1. The van der Waals surface area contributed by atoms with Crippen molar-refractivity contribution in [1.29, 1.82) is 0 Å². The van der Waals surface area contributed by atoms with Crippen molar-refractivity contribution in [3.05, 3.63) is 65.0 Å². The average molecular weight is 284 g/mol. The maximum Gasteiger partial charge on any atom is 0.123 e. The molecule has 2 nitrogen and oxygen atoms in total. The molecule has 0 atom stereocenters. The Morgan fingerprint density at radius 1 is 1.19 bits per heavy atom. The van der Waals surface area contributed by atoms with Crippen LogP contribution >= 0.6 is 0 Å². The lowest BCUT2D eigenvalue weighted by Gasteiger charge is -2.08. The molecule has 0 spiro atoms. The van der Waals surface area contributed by atoms with Gasteiger partial charge < -0.3 is 9.84 Å². The molecule has 2 aromatic carbocycles. The highest BCUT2D eigenvalue weighted by Gasteiger charge is 2.01. The molecule has 21 heavy (non-hydrogen) atoms. The summed E-state index contributed by atoms with van der Waals surface area (Å²) < 4.78 is 18.7. The lowest BCUT2D eigenvalue weighted by atomic mass is 10.1. The van der Waals surface area contributed by atoms with Gasteiger partial charge in [0.15, 0.2) is 0 Å². The number of aliphatic hydroxyl groups excluding tert-OH is 1. The van der Waals surface area contributed by atoms with Crippen molar-refractivity contribution >= 4 is 0 Å². The normalized spacial score (nSPS) is 9.86. The van der Waals surface area contributed by atoms with Gasteiger partial charge in [0.2, 0.25) is 0 Å². The Balaban J connectivity index is 2.02. The Morgan fingerprint density at radius 3 is 2.76 bits per heavy atom. The first-order chi connectivity index (χ1) is 10.2. The molecule has 0 saturated carbocycles. The van der Waals surface area contributed by atoms with Crippen LogP contribution in [0.1, 0.15) is 23.1 Å². The Kier molecular flexibility index (Phi) is 5.36. The summed E-state index contributed by atoms with van der Waals surface area (Å²) in [5, 5.41) is 8.71. The van der Waals surface area contributed by atoms with Gasteiger partial charge >= 0.3 is 0 Å². The molecule has 0 unspecified atom stereocenters. The van der Waals surface area contributed by atoms with Gasteiger partial charge in [0.1, 0.15) is 18.2 Å². The number of halogens is 1. The second-order valence-corrected chi connectivity index (χ2v) is 4.67. The summed E-state index contributed by atoms with van der Waals surface area (Å²) in [6, 6.07) is 12.0. The van der Waals surface area contributed by atoms with E-state index in [1.54, 1.807) is 6.07 Å². The smallest absolute Gasteiger partial charge is 0.123 e. The van der Waals surface area contributed by atoms with E-state index in [1.807, 2.05) is 31.2 Å². The van der Waals surface area contributed by atoms with Gasteiger partial charge in [0.25, 0.3) is 0 Å². The molecular formula is C18H17FO2. The first kappa shape index (κ1) is 15.1. The largest absolute Gasteiger partial charge is 0.489 e. The zero-order valence-electron chi connectivity index (χ0n) is 11.9. The Bertz CT molecular complexity index is 668. The highest BCUT2D eigenvalue weighted by atomic mass is 19.1.